The number of hydrogen-bond acceptors (Lipinski definition) is 8. The molecule has 0 aliphatic carbocycles. The van der Waals surface area contributed by atoms with Crippen LogP contribution in [0.3, 0.4) is 0 Å². The second-order valence-corrected chi connectivity index (χ2v) is 7.99. The van der Waals surface area contributed by atoms with Crippen LogP contribution in [0, 0.1) is 13.8 Å². The molecule has 25 heavy (non-hydrogen) atoms. The average molecular weight is 376 g/mol. The van der Waals surface area contributed by atoms with E-state index >= 15 is 0 Å². The highest BCUT2D eigenvalue weighted by Crippen LogP contribution is 2.30. The van der Waals surface area contributed by atoms with Gasteiger partial charge in [0.2, 0.25) is 11.0 Å². The molecule has 0 saturated heterocycles. The summed E-state index contributed by atoms with van der Waals surface area (Å²) >= 11 is 3.07. The van der Waals surface area contributed by atoms with E-state index in [4.69, 9.17) is 4.52 Å². The van der Waals surface area contributed by atoms with Crippen molar-refractivity contribution in [1.82, 2.24) is 20.3 Å². The summed E-state index contributed by atoms with van der Waals surface area (Å²) in [4.78, 5) is 4.40. The van der Waals surface area contributed by atoms with Gasteiger partial charge in [0, 0.05) is 12.1 Å². The minimum Gasteiger partial charge on any atom is -0.338 e. The number of thioether (sulfide) groups is 1. The van der Waals surface area contributed by atoms with Gasteiger partial charge in [0.15, 0.2) is 10.2 Å². The minimum absolute atomic E-state index is 0.609. The lowest BCUT2D eigenvalue weighted by Gasteiger charge is -2.05. The van der Waals surface area contributed by atoms with Gasteiger partial charge in [-0.15, -0.1) is 10.2 Å². The molecule has 0 fully saturated rings. The average Bonchev–Trinajstić information content (AvgIpc) is 3.24. The molecule has 0 spiro atoms. The van der Waals surface area contributed by atoms with Crippen LogP contribution in [0.2, 0.25) is 0 Å². The van der Waals surface area contributed by atoms with Crippen molar-refractivity contribution in [2.24, 2.45) is 0 Å². The molecule has 8 heteroatoms. The van der Waals surface area contributed by atoms with Gasteiger partial charge < -0.3 is 9.84 Å². The largest absolute Gasteiger partial charge is 0.338 e. The second-order valence-electron chi connectivity index (χ2n) is 5.79. The number of benzene rings is 1. The number of anilines is 2. The Labute approximate surface area is 155 Å². The molecule has 2 aromatic heterocycles. The molecule has 1 N–H and O–H groups in total. The van der Waals surface area contributed by atoms with Crippen molar-refractivity contribution in [1.29, 1.82) is 0 Å². The Morgan fingerprint density at radius 2 is 2.08 bits per heavy atom. The van der Waals surface area contributed by atoms with E-state index < -0.39 is 0 Å². The molecule has 0 atom stereocenters. The highest BCUT2D eigenvalue weighted by molar-refractivity contribution is 8.00. The molecule has 0 aliphatic heterocycles. The zero-order valence-electron chi connectivity index (χ0n) is 14.6. The van der Waals surface area contributed by atoms with Crippen molar-refractivity contribution in [3.8, 4) is 0 Å². The number of hydrogen-bond donors (Lipinski definition) is 1. The molecule has 132 valence electrons. The predicted octanol–water partition coefficient (Wildman–Crippen LogP) is 4.92. The number of aromatic nitrogens is 4. The van der Waals surface area contributed by atoms with Crippen molar-refractivity contribution >= 4 is 33.9 Å². The Kier molecular flexibility index (Phi) is 6.04. The molecular weight excluding hydrogens is 354 g/mol. The maximum absolute atomic E-state index is 5.27. The number of nitrogens with zero attached hydrogens (tertiary/aromatic N) is 4. The SMILES string of the molecule is CCCCc1noc(CSc2nnc(Nc3ccc(C)c(C)c3)s2)n1. The van der Waals surface area contributed by atoms with Crippen LogP contribution in [-0.4, -0.2) is 20.3 Å². The topological polar surface area (TPSA) is 76.7 Å². The van der Waals surface area contributed by atoms with Gasteiger partial charge in [0.25, 0.3) is 0 Å². The molecule has 1 aromatic carbocycles. The lowest BCUT2D eigenvalue weighted by Crippen LogP contribution is -1.91. The summed E-state index contributed by atoms with van der Waals surface area (Å²) in [5.41, 5.74) is 3.55. The normalized spacial score (nSPS) is 11.0. The quantitative estimate of drug-likeness (QED) is 0.560. The highest BCUT2D eigenvalue weighted by Gasteiger charge is 2.10. The third-order valence-corrected chi connectivity index (χ3v) is 5.70. The smallest absolute Gasteiger partial charge is 0.237 e. The van der Waals surface area contributed by atoms with Crippen LogP contribution in [-0.2, 0) is 12.2 Å². The van der Waals surface area contributed by atoms with Crippen LogP contribution in [0.25, 0.3) is 0 Å². The zero-order chi connectivity index (χ0) is 17.6. The van der Waals surface area contributed by atoms with E-state index in [-0.39, 0.29) is 0 Å². The first-order chi connectivity index (χ1) is 12.1. The molecule has 6 nitrogen and oxygen atoms in total. The number of aryl methyl sites for hydroxylation is 3. The van der Waals surface area contributed by atoms with E-state index in [1.54, 1.807) is 11.8 Å². The molecule has 0 radical (unpaired) electrons. The van der Waals surface area contributed by atoms with Crippen molar-refractivity contribution in [2.75, 3.05) is 5.32 Å². The first-order valence-electron chi connectivity index (χ1n) is 8.26. The lowest BCUT2D eigenvalue weighted by molar-refractivity contribution is 0.384. The fraction of sp³-hybridized carbons (Fsp3) is 0.412. The van der Waals surface area contributed by atoms with Gasteiger partial charge in [-0.05, 0) is 43.5 Å². The van der Waals surface area contributed by atoms with Crippen molar-refractivity contribution < 1.29 is 4.52 Å². The monoisotopic (exact) mass is 375 g/mol. The maximum atomic E-state index is 5.27. The summed E-state index contributed by atoms with van der Waals surface area (Å²) < 4.78 is 6.14. The Bertz CT molecular complexity index is 830. The summed E-state index contributed by atoms with van der Waals surface area (Å²) in [7, 11) is 0. The first-order valence-corrected chi connectivity index (χ1v) is 10.1. The molecule has 0 aliphatic rings. The van der Waals surface area contributed by atoms with E-state index in [0.717, 1.165) is 40.2 Å². The number of rotatable bonds is 8. The standard InChI is InChI=1S/C17H21N5OS2/c1-4-5-6-14-19-15(23-22-14)10-24-17-21-20-16(25-17)18-13-8-7-11(2)12(3)9-13/h7-9H,4-6,10H2,1-3H3,(H,18,20). The summed E-state index contributed by atoms with van der Waals surface area (Å²) in [6.07, 6.45) is 3.07. The molecule has 3 rings (SSSR count). The summed E-state index contributed by atoms with van der Waals surface area (Å²) in [5.74, 6) is 2.03. The third kappa shape index (κ3) is 5.02. The van der Waals surface area contributed by atoms with Gasteiger partial charge in [0.1, 0.15) is 0 Å². The van der Waals surface area contributed by atoms with E-state index in [1.807, 2.05) is 6.07 Å². The summed E-state index contributed by atoms with van der Waals surface area (Å²) in [6, 6.07) is 6.26. The predicted molar refractivity (Wildman–Crippen MR) is 102 cm³/mol. The van der Waals surface area contributed by atoms with E-state index in [9.17, 15) is 0 Å². The van der Waals surface area contributed by atoms with Gasteiger partial charge in [-0.3, -0.25) is 0 Å². The Morgan fingerprint density at radius 3 is 2.88 bits per heavy atom. The molecule has 3 aromatic rings. The summed E-state index contributed by atoms with van der Waals surface area (Å²) in [5, 5.41) is 16.5. The van der Waals surface area contributed by atoms with Crippen LogP contribution >= 0.6 is 23.1 Å². The Hall–Kier alpha value is -1.93. The third-order valence-electron chi connectivity index (χ3n) is 3.75. The zero-order valence-corrected chi connectivity index (χ0v) is 16.2. The molecule has 2 heterocycles. The minimum atomic E-state index is 0.609. The van der Waals surface area contributed by atoms with Gasteiger partial charge in [0.05, 0.1) is 5.75 Å². The van der Waals surface area contributed by atoms with Gasteiger partial charge >= 0.3 is 0 Å². The lowest BCUT2D eigenvalue weighted by atomic mass is 10.1. The Morgan fingerprint density at radius 1 is 1.20 bits per heavy atom. The molecular formula is C17H21N5OS2. The fourth-order valence-corrected chi connectivity index (χ4v) is 3.78. The van der Waals surface area contributed by atoms with Crippen LogP contribution < -0.4 is 5.32 Å². The summed E-state index contributed by atoms with van der Waals surface area (Å²) in [6.45, 7) is 6.35. The number of nitrogens with one attached hydrogen (secondary N) is 1. The second kappa shape index (κ2) is 8.44. The van der Waals surface area contributed by atoms with Crippen molar-refractivity contribution in [2.45, 2.75) is 50.1 Å². The molecule has 0 unspecified atom stereocenters. The van der Waals surface area contributed by atoms with E-state index in [2.05, 4.69) is 58.6 Å². The van der Waals surface area contributed by atoms with E-state index in [0.29, 0.717) is 11.6 Å². The number of unbranched alkanes of at least 4 members (excludes halogenated alkanes) is 1. The molecule has 0 saturated carbocycles. The van der Waals surface area contributed by atoms with Crippen LogP contribution in [0.5, 0.6) is 0 Å². The first kappa shape index (κ1) is 17.9. The van der Waals surface area contributed by atoms with Gasteiger partial charge in [-0.2, -0.15) is 4.98 Å². The van der Waals surface area contributed by atoms with Crippen molar-refractivity contribution in [3.05, 3.63) is 41.0 Å². The highest BCUT2D eigenvalue weighted by atomic mass is 32.2. The molecule has 0 bridgehead atoms. The van der Waals surface area contributed by atoms with Gasteiger partial charge in [-0.1, -0.05) is 47.7 Å². The maximum Gasteiger partial charge on any atom is 0.237 e. The van der Waals surface area contributed by atoms with Gasteiger partial charge in [-0.25, -0.2) is 0 Å². The van der Waals surface area contributed by atoms with Crippen LogP contribution in [0.15, 0.2) is 27.1 Å². The Balaban J connectivity index is 1.54. The fourth-order valence-electron chi connectivity index (χ4n) is 2.17. The molecule has 0 amide bonds. The van der Waals surface area contributed by atoms with Crippen molar-refractivity contribution in [3.63, 3.8) is 0 Å². The van der Waals surface area contributed by atoms with Crippen LogP contribution in [0.1, 0.15) is 42.6 Å². The van der Waals surface area contributed by atoms with Crippen LogP contribution in [0.4, 0.5) is 10.8 Å². The van der Waals surface area contributed by atoms with E-state index in [1.165, 1.54) is 22.5 Å².